The highest BCUT2D eigenvalue weighted by Gasteiger charge is 2.45. The number of hydrogen-bond donors (Lipinski definition) is 0. The van der Waals surface area contributed by atoms with Gasteiger partial charge in [0, 0.05) is 24.0 Å². The zero-order valence-corrected chi connectivity index (χ0v) is 16.9. The van der Waals surface area contributed by atoms with Gasteiger partial charge in [0.25, 0.3) is 0 Å². The third-order valence-electron chi connectivity index (χ3n) is 3.99. The van der Waals surface area contributed by atoms with E-state index >= 15 is 0 Å². The fraction of sp³-hybridized carbons (Fsp3) is 0.381. The van der Waals surface area contributed by atoms with Gasteiger partial charge in [-0.05, 0) is 44.5 Å². The number of ketones is 3. The normalized spacial score (nSPS) is 11.9. The number of ether oxygens (including phenoxy) is 2. The molecule has 1 atom stereocenters. The molecule has 168 valence electrons. The number of benzene rings is 1. The SMILES string of the molecule is C=C(C)C(=O)OCCCC(=O)Oc1ccc(C(=O)CC(C(C)=O)C(=O)C(F)(F)F)cc1. The number of carbonyl (C=O) groups is 5. The molecule has 0 aliphatic carbocycles. The van der Waals surface area contributed by atoms with E-state index in [1.54, 1.807) is 0 Å². The molecule has 0 saturated carbocycles. The average molecular weight is 442 g/mol. The highest BCUT2D eigenvalue weighted by Crippen LogP contribution is 2.25. The van der Waals surface area contributed by atoms with Gasteiger partial charge < -0.3 is 9.47 Å². The summed E-state index contributed by atoms with van der Waals surface area (Å²) < 4.78 is 47.6. The van der Waals surface area contributed by atoms with E-state index in [-0.39, 0.29) is 36.3 Å². The van der Waals surface area contributed by atoms with Crippen LogP contribution in [-0.4, -0.2) is 42.1 Å². The third kappa shape index (κ3) is 8.53. The van der Waals surface area contributed by atoms with E-state index in [9.17, 15) is 37.1 Å². The van der Waals surface area contributed by atoms with E-state index in [0.29, 0.717) is 0 Å². The zero-order valence-electron chi connectivity index (χ0n) is 16.9. The second-order valence-corrected chi connectivity index (χ2v) is 6.67. The maximum Gasteiger partial charge on any atom is 0.450 e. The minimum absolute atomic E-state index is 0.00218. The fourth-order valence-corrected chi connectivity index (χ4v) is 2.32. The molecule has 1 aromatic carbocycles. The number of rotatable bonds is 11. The molecular weight excluding hydrogens is 421 g/mol. The predicted octanol–water partition coefficient (Wildman–Crippen LogP) is 3.40. The van der Waals surface area contributed by atoms with Crippen LogP contribution in [0.2, 0.25) is 0 Å². The lowest BCUT2D eigenvalue weighted by atomic mass is 9.91. The van der Waals surface area contributed by atoms with Crippen molar-refractivity contribution in [2.45, 2.75) is 39.3 Å². The number of esters is 2. The fourth-order valence-electron chi connectivity index (χ4n) is 2.32. The molecule has 0 N–H and O–H groups in total. The monoisotopic (exact) mass is 442 g/mol. The first-order chi connectivity index (χ1) is 14.3. The van der Waals surface area contributed by atoms with Crippen molar-refractivity contribution in [3.63, 3.8) is 0 Å². The van der Waals surface area contributed by atoms with Crippen molar-refractivity contribution in [3.8, 4) is 5.75 Å². The van der Waals surface area contributed by atoms with Gasteiger partial charge in [0.2, 0.25) is 5.78 Å². The molecule has 31 heavy (non-hydrogen) atoms. The molecule has 7 nitrogen and oxygen atoms in total. The van der Waals surface area contributed by atoms with E-state index < -0.39 is 47.8 Å². The molecule has 0 bridgehead atoms. The van der Waals surface area contributed by atoms with Gasteiger partial charge in [0.05, 0.1) is 12.5 Å². The molecule has 1 rings (SSSR count). The summed E-state index contributed by atoms with van der Waals surface area (Å²) in [5.74, 6) is -7.40. The van der Waals surface area contributed by atoms with Crippen LogP contribution in [0.3, 0.4) is 0 Å². The van der Waals surface area contributed by atoms with Gasteiger partial charge in [-0.1, -0.05) is 6.58 Å². The highest BCUT2D eigenvalue weighted by atomic mass is 19.4. The Morgan fingerprint density at radius 2 is 1.61 bits per heavy atom. The summed E-state index contributed by atoms with van der Waals surface area (Å²) >= 11 is 0. The van der Waals surface area contributed by atoms with Gasteiger partial charge in [0.1, 0.15) is 11.5 Å². The minimum atomic E-state index is -5.22. The molecule has 0 amide bonds. The molecule has 0 fully saturated rings. The van der Waals surface area contributed by atoms with E-state index in [0.717, 1.165) is 6.92 Å². The van der Waals surface area contributed by atoms with Crippen LogP contribution in [0.15, 0.2) is 36.4 Å². The molecule has 0 aliphatic rings. The van der Waals surface area contributed by atoms with Gasteiger partial charge in [-0.3, -0.25) is 19.2 Å². The third-order valence-corrected chi connectivity index (χ3v) is 3.99. The number of Topliss-reactive ketones (excluding diaryl/α,β-unsaturated/α-hetero) is 3. The van der Waals surface area contributed by atoms with E-state index in [4.69, 9.17) is 9.47 Å². The Morgan fingerprint density at radius 3 is 2.10 bits per heavy atom. The maximum absolute atomic E-state index is 12.6. The number of carbonyl (C=O) groups excluding carboxylic acids is 5. The van der Waals surface area contributed by atoms with Crippen LogP contribution in [-0.2, 0) is 23.9 Å². The number of alkyl halides is 3. The van der Waals surface area contributed by atoms with Gasteiger partial charge in [-0.25, -0.2) is 4.79 Å². The van der Waals surface area contributed by atoms with Crippen LogP contribution in [0.1, 0.15) is 43.5 Å². The first-order valence-electron chi connectivity index (χ1n) is 9.11. The van der Waals surface area contributed by atoms with Crippen molar-refractivity contribution in [1.82, 2.24) is 0 Å². The Labute approximate surface area is 176 Å². The first kappa shape index (κ1) is 25.7. The van der Waals surface area contributed by atoms with Crippen molar-refractivity contribution in [2.75, 3.05) is 6.61 Å². The summed E-state index contributed by atoms with van der Waals surface area (Å²) in [5, 5.41) is 0. The molecule has 1 aromatic rings. The Morgan fingerprint density at radius 1 is 1.03 bits per heavy atom. The quantitative estimate of drug-likeness (QED) is 0.129. The lowest BCUT2D eigenvalue weighted by molar-refractivity contribution is -0.176. The highest BCUT2D eigenvalue weighted by molar-refractivity contribution is 6.09. The standard InChI is InChI=1S/C21H21F3O7/c1-12(2)20(29)30-10-4-5-18(27)31-15-8-6-14(7-9-15)17(26)11-16(13(3)25)19(28)21(22,23)24/h6-9,16H,1,4-5,10-11H2,2-3H3. The molecule has 0 aliphatic heterocycles. The molecular formula is C21H21F3O7. The largest absolute Gasteiger partial charge is 0.462 e. The Hall–Kier alpha value is -3.30. The van der Waals surface area contributed by atoms with E-state index in [1.807, 2.05) is 0 Å². The van der Waals surface area contributed by atoms with Crippen LogP contribution >= 0.6 is 0 Å². The lowest BCUT2D eigenvalue weighted by Crippen LogP contribution is -2.35. The predicted molar refractivity (Wildman–Crippen MR) is 101 cm³/mol. The van der Waals surface area contributed by atoms with Gasteiger partial charge in [0.15, 0.2) is 5.78 Å². The van der Waals surface area contributed by atoms with Crippen molar-refractivity contribution in [3.05, 3.63) is 42.0 Å². The zero-order chi connectivity index (χ0) is 23.8. The van der Waals surface area contributed by atoms with Gasteiger partial charge in [-0.15, -0.1) is 0 Å². The smallest absolute Gasteiger partial charge is 0.450 e. The van der Waals surface area contributed by atoms with E-state index in [1.165, 1.54) is 31.2 Å². The second kappa shape index (κ2) is 11.2. The molecule has 0 aromatic heterocycles. The summed E-state index contributed by atoms with van der Waals surface area (Å²) in [5.41, 5.74) is 0.183. The van der Waals surface area contributed by atoms with Crippen LogP contribution < -0.4 is 4.74 Å². The van der Waals surface area contributed by atoms with Crippen LogP contribution in [0.25, 0.3) is 0 Å². The molecule has 1 unspecified atom stereocenters. The Balaban J connectivity index is 2.62. The number of halogens is 3. The van der Waals surface area contributed by atoms with Crippen LogP contribution in [0.4, 0.5) is 13.2 Å². The minimum Gasteiger partial charge on any atom is -0.462 e. The van der Waals surface area contributed by atoms with Gasteiger partial charge in [-0.2, -0.15) is 13.2 Å². The average Bonchev–Trinajstić information content (AvgIpc) is 2.68. The molecule has 10 heteroatoms. The van der Waals surface area contributed by atoms with Crippen molar-refractivity contribution < 1.29 is 46.6 Å². The van der Waals surface area contributed by atoms with Crippen LogP contribution in [0, 0.1) is 5.92 Å². The molecule has 0 radical (unpaired) electrons. The summed E-state index contributed by atoms with van der Waals surface area (Å²) in [6.07, 6.45) is -5.98. The van der Waals surface area contributed by atoms with Gasteiger partial charge >= 0.3 is 18.1 Å². The summed E-state index contributed by atoms with van der Waals surface area (Å²) in [4.78, 5) is 57.9. The molecule has 0 spiro atoms. The molecule has 0 saturated heterocycles. The summed E-state index contributed by atoms with van der Waals surface area (Å²) in [6, 6.07) is 4.91. The second-order valence-electron chi connectivity index (χ2n) is 6.67. The van der Waals surface area contributed by atoms with Crippen molar-refractivity contribution in [1.29, 1.82) is 0 Å². The maximum atomic E-state index is 12.6. The topological polar surface area (TPSA) is 104 Å². The number of hydrogen-bond acceptors (Lipinski definition) is 7. The lowest BCUT2D eigenvalue weighted by Gasteiger charge is -2.14. The summed E-state index contributed by atoms with van der Waals surface area (Å²) in [6.45, 7) is 5.71. The van der Waals surface area contributed by atoms with E-state index in [2.05, 4.69) is 6.58 Å². The molecule has 0 heterocycles. The Kier molecular flexibility index (Phi) is 9.29. The first-order valence-corrected chi connectivity index (χ1v) is 9.11. The Bertz CT molecular complexity index is 870. The summed E-state index contributed by atoms with van der Waals surface area (Å²) in [7, 11) is 0. The van der Waals surface area contributed by atoms with Crippen molar-refractivity contribution >= 4 is 29.3 Å². The van der Waals surface area contributed by atoms with Crippen molar-refractivity contribution in [2.24, 2.45) is 5.92 Å². The van der Waals surface area contributed by atoms with Crippen LogP contribution in [0.5, 0.6) is 5.75 Å².